The zero-order valence-corrected chi connectivity index (χ0v) is 15.6. The van der Waals surface area contributed by atoms with Gasteiger partial charge in [-0.25, -0.2) is 9.97 Å². The Bertz CT molecular complexity index is 785. The molecule has 0 N–H and O–H groups in total. The fourth-order valence-corrected chi connectivity index (χ4v) is 3.20. The molecule has 3 rings (SSSR count). The van der Waals surface area contributed by atoms with Crippen LogP contribution in [0.2, 0.25) is 0 Å². The normalized spacial score (nSPS) is 16.2. The molecule has 0 bridgehead atoms. The van der Waals surface area contributed by atoms with Crippen LogP contribution in [-0.2, 0) is 12.0 Å². The highest BCUT2D eigenvalue weighted by Crippen LogP contribution is 2.23. The first-order valence-electron chi connectivity index (χ1n) is 8.93. The van der Waals surface area contributed by atoms with Crippen molar-refractivity contribution in [3.05, 3.63) is 46.5 Å². The summed E-state index contributed by atoms with van der Waals surface area (Å²) in [7, 11) is 0. The number of rotatable bonds is 3. The van der Waals surface area contributed by atoms with Crippen LogP contribution >= 0.6 is 0 Å². The third kappa shape index (κ3) is 4.24. The molecule has 3 heterocycles. The monoisotopic (exact) mass is 341 g/mol. The summed E-state index contributed by atoms with van der Waals surface area (Å²) in [6.07, 6.45) is 7.40. The molecule has 1 aliphatic rings. The maximum Gasteiger partial charge on any atom is 0.253 e. The van der Waals surface area contributed by atoms with Gasteiger partial charge in [0.1, 0.15) is 5.82 Å². The lowest BCUT2D eigenvalue weighted by Crippen LogP contribution is -2.37. The molecule has 0 aliphatic carbocycles. The van der Waals surface area contributed by atoms with E-state index in [1.165, 1.54) is 0 Å². The average Bonchev–Trinajstić information content (AvgIpc) is 2.56. The van der Waals surface area contributed by atoms with Gasteiger partial charge in [-0.15, -0.1) is 0 Å². The highest BCUT2D eigenvalue weighted by atomic mass is 16.1. The first kappa shape index (κ1) is 17.6. The molecule has 2 aromatic heterocycles. The first-order valence-corrected chi connectivity index (χ1v) is 8.93. The van der Waals surface area contributed by atoms with Gasteiger partial charge >= 0.3 is 0 Å². The zero-order valence-electron chi connectivity index (χ0n) is 15.6. The molecule has 0 amide bonds. The highest BCUT2D eigenvalue weighted by Gasteiger charge is 2.22. The molecule has 0 spiro atoms. The van der Waals surface area contributed by atoms with Crippen LogP contribution in [0.4, 0.5) is 5.82 Å². The SMILES string of the molecule is Cc1cncc(N2CCC(Cn3cnc(C(C)(C)C)cc3=O)CC2)n1. The molecule has 0 saturated carbocycles. The fraction of sp³-hybridized carbons (Fsp3) is 0.579. The Balaban J connectivity index is 1.62. The minimum Gasteiger partial charge on any atom is -0.355 e. The van der Waals surface area contributed by atoms with E-state index in [1.54, 1.807) is 23.2 Å². The van der Waals surface area contributed by atoms with Crippen molar-refractivity contribution in [2.24, 2.45) is 5.92 Å². The van der Waals surface area contributed by atoms with Gasteiger partial charge in [-0.2, -0.15) is 0 Å². The summed E-state index contributed by atoms with van der Waals surface area (Å²) in [6, 6.07) is 1.68. The van der Waals surface area contributed by atoms with Crippen LogP contribution in [-0.4, -0.2) is 32.6 Å². The molecule has 0 aromatic carbocycles. The van der Waals surface area contributed by atoms with Crippen LogP contribution in [0.5, 0.6) is 0 Å². The van der Waals surface area contributed by atoms with E-state index in [4.69, 9.17) is 0 Å². The molecule has 1 fully saturated rings. The third-order valence-corrected chi connectivity index (χ3v) is 4.78. The number of aryl methyl sites for hydroxylation is 1. The molecule has 0 radical (unpaired) electrons. The van der Waals surface area contributed by atoms with Gasteiger partial charge in [0.15, 0.2) is 0 Å². The molecular weight excluding hydrogens is 314 g/mol. The van der Waals surface area contributed by atoms with Crippen LogP contribution < -0.4 is 10.5 Å². The Kier molecular flexibility index (Phi) is 4.88. The molecule has 25 heavy (non-hydrogen) atoms. The summed E-state index contributed by atoms with van der Waals surface area (Å²) in [6.45, 7) is 10.8. The smallest absolute Gasteiger partial charge is 0.253 e. The van der Waals surface area contributed by atoms with Crippen LogP contribution in [0.25, 0.3) is 0 Å². The standard InChI is InChI=1S/C19H27N5O/c1-14-10-20-11-17(22-14)23-7-5-15(6-8-23)12-24-13-21-16(9-18(24)25)19(2,3)4/h9-11,13,15H,5-8,12H2,1-4H3. The summed E-state index contributed by atoms with van der Waals surface area (Å²) in [5.74, 6) is 1.45. The lowest BCUT2D eigenvalue weighted by Gasteiger charge is -2.32. The average molecular weight is 341 g/mol. The second-order valence-electron chi connectivity index (χ2n) is 7.96. The maximum atomic E-state index is 12.4. The van der Waals surface area contributed by atoms with E-state index in [-0.39, 0.29) is 11.0 Å². The van der Waals surface area contributed by atoms with Gasteiger partial charge in [-0.3, -0.25) is 14.3 Å². The Labute approximate surface area is 149 Å². The van der Waals surface area contributed by atoms with Crippen LogP contribution in [0, 0.1) is 12.8 Å². The van der Waals surface area contributed by atoms with Gasteiger partial charge in [-0.1, -0.05) is 20.8 Å². The van der Waals surface area contributed by atoms with Crippen molar-refractivity contribution < 1.29 is 0 Å². The molecule has 1 saturated heterocycles. The summed E-state index contributed by atoms with van der Waals surface area (Å²) in [5, 5.41) is 0. The molecule has 0 unspecified atom stereocenters. The third-order valence-electron chi connectivity index (χ3n) is 4.78. The van der Waals surface area contributed by atoms with Gasteiger partial charge in [-0.05, 0) is 25.7 Å². The first-order chi connectivity index (χ1) is 11.8. The minimum absolute atomic E-state index is 0.0481. The van der Waals surface area contributed by atoms with Crippen molar-refractivity contribution in [1.82, 2.24) is 19.5 Å². The quantitative estimate of drug-likeness (QED) is 0.858. The van der Waals surface area contributed by atoms with Crippen LogP contribution in [0.3, 0.4) is 0 Å². The number of hydrogen-bond acceptors (Lipinski definition) is 5. The lowest BCUT2D eigenvalue weighted by atomic mass is 9.92. The Hall–Kier alpha value is -2.24. The second-order valence-corrected chi connectivity index (χ2v) is 7.96. The highest BCUT2D eigenvalue weighted by molar-refractivity contribution is 5.36. The molecule has 0 atom stereocenters. The van der Waals surface area contributed by atoms with E-state index in [0.29, 0.717) is 5.92 Å². The van der Waals surface area contributed by atoms with E-state index < -0.39 is 0 Å². The van der Waals surface area contributed by atoms with Gasteiger partial charge in [0.05, 0.1) is 23.9 Å². The van der Waals surface area contributed by atoms with Crippen LogP contribution in [0.1, 0.15) is 45.0 Å². The van der Waals surface area contributed by atoms with E-state index in [9.17, 15) is 4.79 Å². The number of hydrogen-bond donors (Lipinski definition) is 0. The molecule has 134 valence electrons. The van der Waals surface area contributed by atoms with Crippen molar-refractivity contribution in [3.8, 4) is 0 Å². The Morgan fingerprint density at radius 3 is 2.52 bits per heavy atom. The molecule has 2 aromatic rings. The van der Waals surface area contributed by atoms with Crippen molar-refractivity contribution in [3.63, 3.8) is 0 Å². The topological polar surface area (TPSA) is 63.9 Å². The molecule has 6 heteroatoms. The summed E-state index contributed by atoms with van der Waals surface area (Å²) < 4.78 is 1.75. The largest absolute Gasteiger partial charge is 0.355 e. The zero-order chi connectivity index (χ0) is 18.0. The lowest BCUT2D eigenvalue weighted by molar-refractivity contribution is 0.349. The minimum atomic E-state index is -0.0988. The molecular formula is C19H27N5O. The van der Waals surface area contributed by atoms with Gasteiger partial charge in [0.25, 0.3) is 5.56 Å². The van der Waals surface area contributed by atoms with Gasteiger partial charge in [0, 0.05) is 37.3 Å². The van der Waals surface area contributed by atoms with Gasteiger partial charge in [0.2, 0.25) is 0 Å². The predicted molar refractivity (Wildman–Crippen MR) is 98.9 cm³/mol. The predicted octanol–water partition coefficient (Wildman–Crippen LogP) is 2.56. The number of aromatic nitrogens is 4. The van der Waals surface area contributed by atoms with Crippen molar-refractivity contribution >= 4 is 5.82 Å². The number of anilines is 1. The Morgan fingerprint density at radius 1 is 1.20 bits per heavy atom. The van der Waals surface area contributed by atoms with Crippen LogP contribution in [0.15, 0.2) is 29.6 Å². The maximum absolute atomic E-state index is 12.4. The summed E-state index contributed by atoms with van der Waals surface area (Å²) >= 11 is 0. The summed E-state index contributed by atoms with van der Waals surface area (Å²) in [5.41, 5.74) is 1.74. The van der Waals surface area contributed by atoms with Crippen molar-refractivity contribution in [2.45, 2.75) is 52.5 Å². The molecule has 6 nitrogen and oxygen atoms in total. The Morgan fingerprint density at radius 2 is 1.92 bits per heavy atom. The van der Waals surface area contributed by atoms with E-state index >= 15 is 0 Å². The molecule has 1 aliphatic heterocycles. The van der Waals surface area contributed by atoms with E-state index in [0.717, 1.165) is 49.7 Å². The number of nitrogens with zero attached hydrogens (tertiary/aromatic N) is 5. The van der Waals surface area contributed by atoms with E-state index in [1.807, 2.05) is 13.1 Å². The number of piperidine rings is 1. The van der Waals surface area contributed by atoms with Gasteiger partial charge < -0.3 is 4.90 Å². The fourth-order valence-electron chi connectivity index (χ4n) is 3.20. The van der Waals surface area contributed by atoms with Crippen molar-refractivity contribution in [2.75, 3.05) is 18.0 Å². The van der Waals surface area contributed by atoms with Crippen molar-refractivity contribution in [1.29, 1.82) is 0 Å². The second kappa shape index (κ2) is 6.94. The summed E-state index contributed by atoms with van der Waals surface area (Å²) in [4.78, 5) is 27.9. The van der Waals surface area contributed by atoms with E-state index in [2.05, 4.69) is 40.6 Å².